The number of carbonyl (C=O) groups excluding carboxylic acids is 2. The predicted molar refractivity (Wildman–Crippen MR) is 95.4 cm³/mol. The molecule has 1 saturated heterocycles. The fourth-order valence-corrected chi connectivity index (χ4v) is 3.28. The van der Waals surface area contributed by atoms with Crippen molar-refractivity contribution in [2.24, 2.45) is 5.92 Å². The zero-order chi connectivity index (χ0) is 17.6. The molecule has 1 aromatic heterocycles. The van der Waals surface area contributed by atoms with Gasteiger partial charge in [0.05, 0.1) is 0 Å². The van der Waals surface area contributed by atoms with E-state index in [1.54, 1.807) is 23.2 Å². The molecule has 1 aromatic carbocycles. The van der Waals surface area contributed by atoms with E-state index in [0.717, 1.165) is 12.8 Å². The van der Waals surface area contributed by atoms with Crippen molar-refractivity contribution in [2.45, 2.75) is 25.8 Å². The van der Waals surface area contributed by atoms with Gasteiger partial charge >= 0.3 is 0 Å². The summed E-state index contributed by atoms with van der Waals surface area (Å²) in [6.45, 7) is 1.52. The number of benzene rings is 1. The maximum atomic E-state index is 12.6. The minimum atomic E-state index is -0.139. The second kappa shape index (κ2) is 7.92. The van der Waals surface area contributed by atoms with Crippen molar-refractivity contribution in [3.63, 3.8) is 0 Å². The normalized spacial score (nSPS) is 17.3. The number of rotatable bonds is 5. The number of hydrogen-bond acceptors (Lipinski definition) is 3. The first-order valence-corrected chi connectivity index (χ1v) is 8.67. The molecule has 1 unspecified atom stereocenters. The number of nitrogens with zero attached hydrogens (tertiary/aromatic N) is 2. The van der Waals surface area contributed by atoms with Gasteiger partial charge in [-0.3, -0.25) is 14.4 Å². The van der Waals surface area contributed by atoms with Gasteiger partial charge in [-0.2, -0.15) is 0 Å². The van der Waals surface area contributed by atoms with Crippen molar-refractivity contribution in [3.8, 4) is 0 Å². The van der Waals surface area contributed by atoms with Gasteiger partial charge in [0.2, 0.25) is 5.91 Å². The molecule has 5 nitrogen and oxygen atoms in total. The Labute approximate surface area is 146 Å². The number of Topliss-reactive ketones (excluding diaryl/α,β-unsaturated/α-hetero) is 1. The average molecular weight is 338 g/mol. The highest BCUT2D eigenvalue weighted by Crippen LogP contribution is 2.21. The maximum Gasteiger partial charge on any atom is 0.250 e. The molecule has 0 spiro atoms. The SMILES string of the molecule is O=C(c1ccccc1)C1CCCN(C(=O)CCn2ccccc2=O)C1. The molecule has 0 saturated carbocycles. The van der Waals surface area contributed by atoms with Crippen LogP contribution in [0.2, 0.25) is 0 Å². The van der Waals surface area contributed by atoms with E-state index < -0.39 is 0 Å². The molecule has 1 aliphatic rings. The fourth-order valence-electron chi connectivity index (χ4n) is 3.28. The topological polar surface area (TPSA) is 59.4 Å². The first-order valence-electron chi connectivity index (χ1n) is 8.67. The summed E-state index contributed by atoms with van der Waals surface area (Å²) in [5.74, 6) is -0.0294. The van der Waals surface area contributed by atoms with E-state index in [9.17, 15) is 14.4 Å². The smallest absolute Gasteiger partial charge is 0.250 e. The van der Waals surface area contributed by atoms with Gasteiger partial charge in [0, 0.05) is 49.8 Å². The van der Waals surface area contributed by atoms with E-state index in [4.69, 9.17) is 0 Å². The Morgan fingerprint density at radius 2 is 1.80 bits per heavy atom. The minimum Gasteiger partial charge on any atom is -0.342 e. The van der Waals surface area contributed by atoms with Crippen LogP contribution in [0.4, 0.5) is 0 Å². The highest BCUT2D eigenvalue weighted by Gasteiger charge is 2.28. The van der Waals surface area contributed by atoms with Crippen LogP contribution in [0.25, 0.3) is 0 Å². The molecule has 0 bridgehead atoms. The van der Waals surface area contributed by atoms with Crippen LogP contribution in [-0.4, -0.2) is 34.2 Å². The monoisotopic (exact) mass is 338 g/mol. The molecular weight excluding hydrogens is 316 g/mol. The van der Waals surface area contributed by atoms with Gasteiger partial charge in [-0.05, 0) is 18.9 Å². The van der Waals surface area contributed by atoms with Gasteiger partial charge < -0.3 is 9.47 Å². The van der Waals surface area contributed by atoms with E-state index in [1.807, 2.05) is 30.3 Å². The number of pyridine rings is 1. The van der Waals surface area contributed by atoms with E-state index in [2.05, 4.69) is 0 Å². The molecule has 130 valence electrons. The van der Waals surface area contributed by atoms with Crippen molar-refractivity contribution >= 4 is 11.7 Å². The van der Waals surface area contributed by atoms with E-state index in [-0.39, 0.29) is 29.6 Å². The van der Waals surface area contributed by atoms with Crippen molar-refractivity contribution in [1.82, 2.24) is 9.47 Å². The van der Waals surface area contributed by atoms with Crippen LogP contribution >= 0.6 is 0 Å². The van der Waals surface area contributed by atoms with Crippen molar-refractivity contribution < 1.29 is 9.59 Å². The highest BCUT2D eigenvalue weighted by molar-refractivity contribution is 5.98. The molecule has 0 radical (unpaired) electrons. The van der Waals surface area contributed by atoms with E-state index >= 15 is 0 Å². The summed E-state index contributed by atoms with van der Waals surface area (Å²) in [4.78, 5) is 38.6. The number of hydrogen-bond donors (Lipinski definition) is 0. The quantitative estimate of drug-likeness (QED) is 0.787. The standard InChI is InChI=1S/C20H22N2O3/c23-18-10-4-5-12-21(18)14-11-19(24)22-13-6-9-17(15-22)20(25)16-7-2-1-3-8-16/h1-5,7-8,10,12,17H,6,9,11,13-15H2. The molecule has 1 amide bonds. The predicted octanol–water partition coefficient (Wildman–Crippen LogP) is 2.36. The molecular formula is C20H22N2O3. The number of ketones is 1. The third-order valence-electron chi connectivity index (χ3n) is 4.67. The molecule has 3 rings (SSSR count). The lowest BCUT2D eigenvalue weighted by Crippen LogP contribution is -2.42. The Morgan fingerprint density at radius 1 is 1.04 bits per heavy atom. The molecule has 0 aliphatic carbocycles. The van der Waals surface area contributed by atoms with Crippen LogP contribution in [0.15, 0.2) is 59.5 Å². The lowest BCUT2D eigenvalue weighted by Gasteiger charge is -2.32. The van der Waals surface area contributed by atoms with Crippen LogP contribution in [0.3, 0.4) is 0 Å². The Hall–Kier alpha value is -2.69. The zero-order valence-electron chi connectivity index (χ0n) is 14.1. The van der Waals surface area contributed by atoms with Crippen LogP contribution in [0.1, 0.15) is 29.6 Å². The Kier molecular flexibility index (Phi) is 5.43. The summed E-state index contributed by atoms with van der Waals surface area (Å²) in [6, 6.07) is 14.2. The molecule has 5 heteroatoms. The number of aromatic nitrogens is 1. The lowest BCUT2D eigenvalue weighted by atomic mass is 9.90. The van der Waals surface area contributed by atoms with Crippen LogP contribution < -0.4 is 5.56 Å². The van der Waals surface area contributed by atoms with Crippen LogP contribution in [0.5, 0.6) is 0 Å². The fraction of sp³-hybridized carbons (Fsp3) is 0.350. The van der Waals surface area contributed by atoms with Gasteiger partial charge in [0.25, 0.3) is 5.56 Å². The number of aryl methyl sites for hydroxylation is 1. The maximum absolute atomic E-state index is 12.6. The van der Waals surface area contributed by atoms with E-state index in [1.165, 1.54) is 10.6 Å². The number of likely N-dealkylation sites (tertiary alicyclic amines) is 1. The average Bonchev–Trinajstić information content (AvgIpc) is 2.67. The van der Waals surface area contributed by atoms with E-state index in [0.29, 0.717) is 25.2 Å². The summed E-state index contributed by atoms with van der Waals surface area (Å²) < 4.78 is 1.54. The van der Waals surface area contributed by atoms with Gasteiger partial charge in [-0.1, -0.05) is 36.4 Å². The molecule has 1 fully saturated rings. The number of amides is 1. The van der Waals surface area contributed by atoms with Crippen molar-refractivity contribution in [3.05, 3.63) is 70.6 Å². The van der Waals surface area contributed by atoms with Gasteiger partial charge in [-0.15, -0.1) is 0 Å². The summed E-state index contributed by atoms with van der Waals surface area (Å²) >= 11 is 0. The first-order chi connectivity index (χ1) is 12.1. The summed E-state index contributed by atoms with van der Waals surface area (Å²) in [5, 5.41) is 0. The summed E-state index contributed by atoms with van der Waals surface area (Å²) in [7, 11) is 0. The highest BCUT2D eigenvalue weighted by atomic mass is 16.2. The minimum absolute atomic E-state index is 0.00122. The second-order valence-corrected chi connectivity index (χ2v) is 6.39. The largest absolute Gasteiger partial charge is 0.342 e. The Bertz CT molecular complexity index is 798. The number of carbonyl (C=O) groups is 2. The van der Waals surface area contributed by atoms with Crippen molar-refractivity contribution in [2.75, 3.05) is 13.1 Å². The molecule has 0 N–H and O–H groups in total. The Morgan fingerprint density at radius 3 is 2.56 bits per heavy atom. The van der Waals surface area contributed by atoms with Crippen LogP contribution in [-0.2, 0) is 11.3 Å². The summed E-state index contributed by atoms with van der Waals surface area (Å²) in [5.41, 5.74) is 0.601. The molecule has 2 aromatic rings. The lowest BCUT2D eigenvalue weighted by molar-refractivity contribution is -0.132. The molecule has 2 heterocycles. The van der Waals surface area contributed by atoms with Gasteiger partial charge in [0.15, 0.2) is 5.78 Å². The molecule has 1 atom stereocenters. The zero-order valence-corrected chi connectivity index (χ0v) is 14.1. The Balaban J connectivity index is 1.59. The van der Waals surface area contributed by atoms with Crippen molar-refractivity contribution in [1.29, 1.82) is 0 Å². The third kappa shape index (κ3) is 4.24. The van der Waals surface area contributed by atoms with Crippen LogP contribution in [0, 0.1) is 5.92 Å². The molecule has 1 aliphatic heterocycles. The second-order valence-electron chi connectivity index (χ2n) is 6.39. The molecule has 25 heavy (non-hydrogen) atoms. The number of piperidine rings is 1. The third-order valence-corrected chi connectivity index (χ3v) is 4.67. The van der Waals surface area contributed by atoms with Gasteiger partial charge in [0.1, 0.15) is 0 Å². The first kappa shape index (κ1) is 17.1. The summed E-state index contributed by atoms with van der Waals surface area (Å²) in [6.07, 6.45) is 3.61. The van der Waals surface area contributed by atoms with Gasteiger partial charge in [-0.25, -0.2) is 0 Å².